The van der Waals surface area contributed by atoms with Crippen molar-refractivity contribution in [3.63, 3.8) is 0 Å². The lowest BCUT2D eigenvalue weighted by atomic mass is 10.0. The van der Waals surface area contributed by atoms with Gasteiger partial charge in [-0.1, -0.05) is 6.92 Å². The van der Waals surface area contributed by atoms with E-state index in [4.69, 9.17) is 4.74 Å². The van der Waals surface area contributed by atoms with Crippen LogP contribution in [0, 0.1) is 11.3 Å². The van der Waals surface area contributed by atoms with Crippen molar-refractivity contribution >= 4 is 5.69 Å². The number of ether oxygens (including phenoxy) is 1. The molecule has 1 fully saturated rings. The molecule has 6 nitrogen and oxygen atoms in total. The number of aryl methyl sites for hydroxylation is 1. The Bertz CT molecular complexity index is 792. The zero-order valence-corrected chi connectivity index (χ0v) is 16.4. The molecule has 0 saturated carbocycles. The molecule has 6 heteroatoms. The van der Waals surface area contributed by atoms with Crippen molar-refractivity contribution in [3.05, 3.63) is 47.3 Å². The summed E-state index contributed by atoms with van der Waals surface area (Å²) in [6.45, 7) is 10.5. The van der Waals surface area contributed by atoms with Crippen LogP contribution in [0.2, 0.25) is 0 Å². The molecule has 0 unspecified atom stereocenters. The second kappa shape index (κ2) is 8.83. The van der Waals surface area contributed by atoms with Gasteiger partial charge in [0.2, 0.25) is 0 Å². The summed E-state index contributed by atoms with van der Waals surface area (Å²) in [4.78, 5) is 4.68. The zero-order chi connectivity index (χ0) is 19.2. The van der Waals surface area contributed by atoms with Crippen LogP contribution < -0.4 is 9.64 Å². The lowest BCUT2D eigenvalue weighted by Gasteiger charge is -2.36. The van der Waals surface area contributed by atoms with Crippen molar-refractivity contribution in [2.45, 2.75) is 39.8 Å². The van der Waals surface area contributed by atoms with Crippen LogP contribution in [0.15, 0.2) is 30.5 Å². The average Bonchev–Trinajstić information content (AvgIpc) is 2.68. The SMILES string of the molecule is CCc1cc(OC(C)C)cc(N2CCN(Cc3cccnn3)CC2)c1C#N. The highest BCUT2D eigenvalue weighted by atomic mass is 16.5. The second-order valence-electron chi connectivity index (χ2n) is 7.09. The van der Waals surface area contributed by atoms with Gasteiger partial charge in [0, 0.05) is 45.0 Å². The molecule has 0 N–H and O–H groups in total. The van der Waals surface area contributed by atoms with Gasteiger partial charge in [-0.15, -0.1) is 0 Å². The minimum atomic E-state index is 0.110. The quantitative estimate of drug-likeness (QED) is 0.784. The molecule has 0 spiro atoms. The van der Waals surface area contributed by atoms with E-state index in [0.29, 0.717) is 0 Å². The van der Waals surface area contributed by atoms with Gasteiger partial charge in [-0.3, -0.25) is 4.90 Å². The van der Waals surface area contributed by atoms with Crippen LogP contribution in [-0.4, -0.2) is 47.4 Å². The van der Waals surface area contributed by atoms with E-state index in [0.717, 1.165) is 67.4 Å². The highest BCUT2D eigenvalue weighted by Gasteiger charge is 2.22. The molecule has 0 amide bonds. The maximum atomic E-state index is 9.74. The summed E-state index contributed by atoms with van der Waals surface area (Å²) in [5.41, 5.74) is 3.81. The number of benzene rings is 1. The average molecular weight is 365 g/mol. The molecular weight excluding hydrogens is 338 g/mol. The maximum absolute atomic E-state index is 9.74. The number of hydrogen-bond donors (Lipinski definition) is 0. The second-order valence-corrected chi connectivity index (χ2v) is 7.09. The van der Waals surface area contributed by atoms with E-state index in [2.05, 4.69) is 33.0 Å². The first-order valence-electron chi connectivity index (χ1n) is 9.58. The molecule has 2 heterocycles. The van der Waals surface area contributed by atoms with Gasteiger partial charge in [-0.25, -0.2) is 0 Å². The molecule has 27 heavy (non-hydrogen) atoms. The molecule has 1 aromatic carbocycles. The zero-order valence-electron chi connectivity index (χ0n) is 16.4. The predicted octanol–water partition coefficient (Wildman–Crippen LogP) is 3.02. The van der Waals surface area contributed by atoms with E-state index in [-0.39, 0.29) is 6.10 Å². The smallest absolute Gasteiger partial charge is 0.122 e. The van der Waals surface area contributed by atoms with Crippen molar-refractivity contribution < 1.29 is 4.74 Å². The molecule has 3 rings (SSSR count). The Labute approximate surface area is 161 Å². The van der Waals surface area contributed by atoms with E-state index < -0.39 is 0 Å². The van der Waals surface area contributed by atoms with Crippen molar-refractivity contribution in [2.24, 2.45) is 0 Å². The van der Waals surface area contributed by atoms with Crippen LogP contribution in [0.4, 0.5) is 5.69 Å². The molecule has 1 saturated heterocycles. The van der Waals surface area contributed by atoms with E-state index in [9.17, 15) is 5.26 Å². The lowest BCUT2D eigenvalue weighted by Crippen LogP contribution is -2.46. The Balaban J connectivity index is 1.75. The Morgan fingerprint density at radius 3 is 2.59 bits per heavy atom. The fourth-order valence-corrected chi connectivity index (χ4v) is 3.45. The summed E-state index contributed by atoms with van der Waals surface area (Å²) in [5.74, 6) is 0.845. The fraction of sp³-hybridized carbons (Fsp3) is 0.476. The lowest BCUT2D eigenvalue weighted by molar-refractivity contribution is 0.240. The van der Waals surface area contributed by atoms with E-state index in [1.165, 1.54) is 0 Å². The highest BCUT2D eigenvalue weighted by molar-refractivity contribution is 5.66. The summed E-state index contributed by atoms with van der Waals surface area (Å²) in [6.07, 6.45) is 2.62. The van der Waals surface area contributed by atoms with Gasteiger partial charge in [-0.05, 0) is 44.0 Å². The highest BCUT2D eigenvalue weighted by Crippen LogP contribution is 2.31. The molecule has 1 aliphatic heterocycles. The summed E-state index contributed by atoms with van der Waals surface area (Å²) in [6, 6.07) is 10.4. The van der Waals surface area contributed by atoms with Gasteiger partial charge in [0.05, 0.1) is 23.0 Å². The number of hydrogen-bond acceptors (Lipinski definition) is 6. The Morgan fingerprint density at radius 2 is 2.00 bits per heavy atom. The molecule has 0 atom stereocenters. The Hall–Kier alpha value is -2.65. The third kappa shape index (κ3) is 4.75. The van der Waals surface area contributed by atoms with Crippen LogP contribution in [0.5, 0.6) is 5.75 Å². The first-order valence-corrected chi connectivity index (χ1v) is 9.58. The van der Waals surface area contributed by atoms with Crippen LogP contribution in [0.25, 0.3) is 0 Å². The topological polar surface area (TPSA) is 65.3 Å². The van der Waals surface area contributed by atoms with E-state index >= 15 is 0 Å². The largest absolute Gasteiger partial charge is 0.491 e. The number of nitriles is 1. The third-order valence-electron chi connectivity index (χ3n) is 4.76. The number of nitrogens with zero attached hydrogens (tertiary/aromatic N) is 5. The van der Waals surface area contributed by atoms with Crippen molar-refractivity contribution in [3.8, 4) is 11.8 Å². The van der Waals surface area contributed by atoms with Gasteiger partial charge in [0.15, 0.2) is 0 Å². The summed E-state index contributed by atoms with van der Waals surface area (Å²) in [7, 11) is 0. The van der Waals surface area contributed by atoms with Gasteiger partial charge in [0.1, 0.15) is 11.8 Å². The minimum absolute atomic E-state index is 0.110. The molecule has 142 valence electrons. The van der Waals surface area contributed by atoms with Crippen molar-refractivity contribution in [1.29, 1.82) is 5.26 Å². The monoisotopic (exact) mass is 365 g/mol. The van der Waals surface area contributed by atoms with Crippen LogP contribution in [0.3, 0.4) is 0 Å². The van der Waals surface area contributed by atoms with Crippen molar-refractivity contribution in [1.82, 2.24) is 15.1 Å². The van der Waals surface area contributed by atoms with E-state index in [1.807, 2.05) is 38.1 Å². The van der Waals surface area contributed by atoms with Crippen LogP contribution in [0.1, 0.15) is 37.6 Å². The summed E-state index contributed by atoms with van der Waals surface area (Å²) >= 11 is 0. The maximum Gasteiger partial charge on any atom is 0.122 e. The summed E-state index contributed by atoms with van der Waals surface area (Å²) < 4.78 is 5.93. The molecule has 1 aliphatic rings. The molecule has 2 aromatic rings. The normalized spacial score (nSPS) is 15.0. The number of aromatic nitrogens is 2. The number of anilines is 1. The Kier molecular flexibility index (Phi) is 6.25. The van der Waals surface area contributed by atoms with Gasteiger partial charge in [0.25, 0.3) is 0 Å². The number of piperazine rings is 1. The number of rotatable bonds is 6. The predicted molar refractivity (Wildman–Crippen MR) is 106 cm³/mol. The Morgan fingerprint density at radius 1 is 1.22 bits per heavy atom. The molecular formula is C21H27N5O. The summed E-state index contributed by atoms with van der Waals surface area (Å²) in [5, 5.41) is 17.9. The minimum Gasteiger partial charge on any atom is -0.491 e. The standard InChI is InChI=1S/C21H27N5O/c1-4-17-12-19(27-16(2)3)13-21(20(17)14-22)26-10-8-25(9-11-26)15-18-6-5-7-23-24-18/h5-7,12-13,16H,4,8-11,15H2,1-3H3. The van der Waals surface area contributed by atoms with Crippen LogP contribution in [-0.2, 0) is 13.0 Å². The van der Waals surface area contributed by atoms with E-state index in [1.54, 1.807) is 6.20 Å². The van der Waals surface area contributed by atoms with Crippen LogP contribution >= 0.6 is 0 Å². The first-order chi connectivity index (χ1) is 13.1. The molecule has 0 radical (unpaired) electrons. The van der Waals surface area contributed by atoms with Gasteiger partial charge in [-0.2, -0.15) is 15.5 Å². The molecule has 0 bridgehead atoms. The van der Waals surface area contributed by atoms with Gasteiger partial charge >= 0.3 is 0 Å². The van der Waals surface area contributed by atoms with Crippen molar-refractivity contribution in [2.75, 3.05) is 31.1 Å². The fourth-order valence-electron chi connectivity index (χ4n) is 3.45. The molecule has 0 aliphatic carbocycles. The third-order valence-corrected chi connectivity index (χ3v) is 4.76. The van der Waals surface area contributed by atoms with Gasteiger partial charge < -0.3 is 9.64 Å². The first kappa shape index (κ1) is 19.1. The molecule has 1 aromatic heterocycles.